The van der Waals surface area contributed by atoms with Crippen LogP contribution in [0.15, 0.2) is 88.8 Å². The molecule has 0 saturated heterocycles. The fourth-order valence-corrected chi connectivity index (χ4v) is 5.94. The van der Waals surface area contributed by atoms with Crippen LogP contribution < -0.4 is 14.8 Å². The number of hydrogen-bond donors (Lipinski definition) is 3. The fourth-order valence-electron chi connectivity index (χ4n) is 4.25. The monoisotopic (exact) mass is 594 g/mol. The first kappa shape index (κ1) is 29.7. The molecule has 4 aromatic rings. The highest BCUT2D eigenvalue weighted by molar-refractivity contribution is 7.98. The van der Waals surface area contributed by atoms with Crippen LogP contribution in [0, 0.1) is 0 Å². The number of sulfonamides is 1. The molecular weight excluding hydrogens is 564 g/mol. The van der Waals surface area contributed by atoms with E-state index in [9.17, 15) is 23.1 Å². The number of carbonyl (C=O) groups is 2. The fraction of sp³-hybridized carbons (Fsp3) is 0.207. The molecule has 10 nitrogen and oxygen atoms in total. The van der Waals surface area contributed by atoms with E-state index in [-0.39, 0.29) is 17.3 Å². The number of urea groups is 1. The van der Waals surface area contributed by atoms with Crippen molar-refractivity contribution in [2.45, 2.75) is 42.8 Å². The maximum absolute atomic E-state index is 13.2. The summed E-state index contributed by atoms with van der Waals surface area (Å²) in [6.45, 7) is 2.51. The van der Waals surface area contributed by atoms with Gasteiger partial charge in [0.05, 0.1) is 11.4 Å². The van der Waals surface area contributed by atoms with Crippen LogP contribution in [0.5, 0.6) is 5.88 Å². The Balaban J connectivity index is 1.55. The van der Waals surface area contributed by atoms with Gasteiger partial charge in [0, 0.05) is 18.5 Å². The van der Waals surface area contributed by atoms with Crippen molar-refractivity contribution < 1.29 is 27.9 Å². The van der Waals surface area contributed by atoms with Crippen LogP contribution in [-0.2, 0) is 29.5 Å². The van der Waals surface area contributed by atoms with E-state index in [0.717, 1.165) is 17.5 Å². The molecule has 0 spiro atoms. The molecule has 0 unspecified atom stereocenters. The molecule has 0 aliphatic heterocycles. The highest BCUT2D eigenvalue weighted by Crippen LogP contribution is 2.31. The van der Waals surface area contributed by atoms with Crippen LogP contribution in [0.25, 0.3) is 11.1 Å². The number of hydrogen-bond acceptors (Lipinski definition) is 7. The summed E-state index contributed by atoms with van der Waals surface area (Å²) in [5.41, 5.74) is 2.73. The summed E-state index contributed by atoms with van der Waals surface area (Å²) >= 11 is 1.31. The number of aryl methyl sites for hydroxylation is 1. The Kier molecular flexibility index (Phi) is 9.69. The van der Waals surface area contributed by atoms with Gasteiger partial charge < -0.3 is 15.2 Å². The van der Waals surface area contributed by atoms with Crippen molar-refractivity contribution in [1.82, 2.24) is 19.6 Å². The molecule has 0 atom stereocenters. The van der Waals surface area contributed by atoms with Gasteiger partial charge in [-0.15, -0.1) is 11.8 Å². The lowest BCUT2D eigenvalue weighted by Gasteiger charge is -2.14. The van der Waals surface area contributed by atoms with Gasteiger partial charge in [-0.2, -0.15) is 0 Å². The number of ether oxygens (including phenoxy) is 1. The van der Waals surface area contributed by atoms with Gasteiger partial charge in [-0.25, -0.2) is 27.7 Å². The average Bonchev–Trinajstić information content (AvgIpc) is 3.27. The first-order valence-electron chi connectivity index (χ1n) is 12.8. The molecule has 3 N–H and O–H groups in total. The Morgan fingerprint density at radius 2 is 1.66 bits per heavy atom. The molecule has 3 aromatic carbocycles. The van der Waals surface area contributed by atoms with Gasteiger partial charge >= 0.3 is 12.2 Å². The van der Waals surface area contributed by atoms with E-state index in [2.05, 4.69) is 15.0 Å². The van der Waals surface area contributed by atoms with Crippen molar-refractivity contribution in [2.24, 2.45) is 0 Å². The summed E-state index contributed by atoms with van der Waals surface area (Å²) in [5, 5.41) is 12.3. The van der Waals surface area contributed by atoms with Crippen LogP contribution in [0.3, 0.4) is 0 Å². The van der Waals surface area contributed by atoms with Gasteiger partial charge in [-0.1, -0.05) is 79.7 Å². The molecule has 0 bridgehead atoms. The van der Waals surface area contributed by atoms with E-state index in [1.165, 1.54) is 17.8 Å². The highest BCUT2D eigenvalue weighted by Gasteiger charge is 2.23. The third kappa shape index (κ3) is 7.47. The van der Waals surface area contributed by atoms with E-state index in [1.807, 2.05) is 49.4 Å². The molecule has 0 saturated carbocycles. The molecule has 0 radical (unpaired) electrons. The number of carbonyl (C=O) groups excluding carboxylic acids is 1. The predicted molar refractivity (Wildman–Crippen MR) is 157 cm³/mol. The zero-order valence-corrected chi connectivity index (χ0v) is 24.2. The van der Waals surface area contributed by atoms with Crippen molar-refractivity contribution in [3.63, 3.8) is 0 Å². The summed E-state index contributed by atoms with van der Waals surface area (Å²) < 4.78 is 35.2. The number of imidazole rings is 1. The van der Waals surface area contributed by atoms with Gasteiger partial charge in [0.15, 0.2) is 5.03 Å². The Morgan fingerprint density at radius 1 is 0.976 bits per heavy atom. The molecule has 0 fully saturated rings. The van der Waals surface area contributed by atoms with Crippen LogP contribution in [0.4, 0.5) is 9.59 Å². The second-order valence-electron chi connectivity index (χ2n) is 9.01. The van der Waals surface area contributed by atoms with E-state index in [0.29, 0.717) is 34.9 Å². The summed E-state index contributed by atoms with van der Waals surface area (Å²) in [4.78, 5) is 28.3. The smallest absolute Gasteiger partial charge is 0.449 e. The number of rotatable bonds is 11. The van der Waals surface area contributed by atoms with E-state index in [1.54, 1.807) is 41.2 Å². The number of amides is 2. The number of aromatic nitrogens is 2. The molecule has 12 heteroatoms. The first-order chi connectivity index (χ1) is 19.7. The molecule has 0 aliphatic carbocycles. The Bertz CT molecular complexity index is 1620. The minimum atomic E-state index is -4.18. The van der Waals surface area contributed by atoms with Crippen molar-refractivity contribution in [3.8, 4) is 17.0 Å². The third-order valence-electron chi connectivity index (χ3n) is 6.13. The number of benzene rings is 3. The molecule has 41 heavy (non-hydrogen) atoms. The topological polar surface area (TPSA) is 140 Å². The molecular formula is C29H30N4O6S2. The summed E-state index contributed by atoms with van der Waals surface area (Å²) in [6, 6.07) is 22.0. The molecule has 0 aliphatic rings. The molecule has 2 amide bonds. The highest BCUT2D eigenvalue weighted by atomic mass is 32.2. The Hall–Kier alpha value is -4.29. The molecule has 214 valence electrons. The van der Waals surface area contributed by atoms with Crippen LogP contribution >= 0.6 is 11.8 Å². The Labute approximate surface area is 242 Å². The lowest BCUT2D eigenvalue weighted by atomic mass is 10.0. The summed E-state index contributed by atoms with van der Waals surface area (Å²) in [5.74, 6) is 0.885. The summed E-state index contributed by atoms with van der Waals surface area (Å²) in [7, 11) is -4.18. The normalized spacial score (nSPS) is 11.2. The lowest BCUT2D eigenvalue weighted by molar-refractivity contribution is 0.139. The van der Waals surface area contributed by atoms with Gasteiger partial charge in [0.25, 0.3) is 10.0 Å². The van der Waals surface area contributed by atoms with Gasteiger partial charge in [-0.05, 0) is 35.4 Å². The number of nitrogens with zero attached hydrogens (tertiary/aromatic N) is 2. The lowest BCUT2D eigenvalue weighted by Crippen LogP contribution is -2.39. The zero-order chi connectivity index (χ0) is 29.4. The maximum Gasteiger partial charge on any atom is 0.512 e. The quantitative estimate of drug-likeness (QED) is 0.152. The molecule has 1 heterocycles. The number of thioether (sulfide) groups is 1. The molecule has 1 aromatic heterocycles. The largest absolute Gasteiger partial charge is 0.512 e. The summed E-state index contributed by atoms with van der Waals surface area (Å²) in [6.07, 6.45) is 1.85. The van der Waals surface area contributed by atoms with Crippen molar-refractivity contribution in [1.29, 1.82) is 0 Å². The van der Waals surface area contributed by atoms with E-state index < -0.39 is 22.2 Å². The minimum absolute atomic E-state index is 0.0378. The van der Waals surface area contributed by atoms with E-state index >= 15 is 0 Å². The minimum Gasteiger partial charge on any atom is -0.449 e. The Morgan fingerprint density at radius 3 is 2.32 bits per heavy atom. The van der Waals surface area contributed by atoms with Gasteiger partial charge in [0.2, 0.25) is 5.88 Å². The van der Waals surface area contributed by atoms with Crippen LogP contribution in [0.2, 0.25) is 0 Å². The SMILES string of the molecule is CCCc1nc(SC)c(OC(=O)O)n1Cc1ccc(-c2ccccc2S(=O)(=O)NC(=O)NCc2ccccc2)cc1. The van der Waals surface area contributed by atoms with Crippen molar-refractivity contribution in [3.05, 3.63) is 95.8 Å². The van der Waals surface area contributed by atoms with Gasteiger partial charge in [0.1, 0.15) is 5.82 Å². The van der Waals surface area contributed by atoms with Crippen LogP contribution in [0.1, 0.15) is 30.3 Å². The number of nitrogens with one attached hydrogen (secondary N) is 2. The second-order valence-corrected chi connectivity index (χ2v) is 11.5. The van der Waals surface area contributed by atoms with E-state index in [4.69, 9.17) is 4.74 Å². The second kappa shape index (κ2) is 13.4. The van der Waals surface area contributed by atoms with Gasteiger partial charge in [-0.3, -0.25) is 4.57 Å². The first-order valence-corrected chi connectivity index (χ1v) is 15.5. The molecule has 4 rings (SSSR count). The third-order valence-corrected chi connectivity index (χ3v) is 8.17. The average molecular weight is 595 g/mol. The maximum atomic E-state index is 13.2. The predicted octanol–water partition coefficient (Wildman–Crippen LogP) is 5.52. The standard InChI is InChI=1S/C29H30N4O6S2/c1-3-9-25-31-26(40-2)27(39-29(35)36)33(25)19-21-14-16-22(17-15-21)23-12-7-8-13-24(23)41(37,38)32-28(34)30-18-20-10-5-4-6-11-20/h4-8,10-17H,3,9,18-19H2,1-2H3,(H,35,36)(H2,30,32,34). The van der Waals surface area contributed by atoms with Crippen molar-refractivity contribution >= 4 is 34.0 Å². The number of carboxylic acid groups (broad SMARTS) is 1. The van der Waals surface area contributed by atoms with Crippen molar-refractivity contribution in [2.75, 3.05) is 6.26 Å². The van der Waals surface area contributed by atoms with Crippen LogP contribution in [-0.4, -0.2) is 41.5 Å². The zero-order valence-electron chi connectivity index (χ0n) is 22.5.